The predicted octanol–water partition coefficient (Wildman–Crippen LogP) is 4.46. The van der Waals surface area contributed by atoms with Crippen LogP contribution in [0, 0.1) is 13.8 Å². The summed E-state index contributed by atoms with van der Waals surface area (Å²) in [5.74, 6) is 0.608. The number of rotatable bonds is 8. The Bertz CT molecular complexity index is 1060. The first-order chi connectivity index (χ1) is 15.4. The average molecular weight is 435 g/mol. The van der Waals surface area contributed by atoms with Gasteiger partial charge in [0.1, 0.15) is 12.3 Å². The van der Waals surface area contributed by atoms with Crippen LogP contribution in [0.4, 0.5) is 10.5 Å². The van der Waals surface area contributed by atoms with Gasteiger partial charge < -0.3 is 24.1 Å². The number of furan rings is 1. The summed E-state index contributed by atoms with van der Waals surface area (Å²) in [6.45, 7) is 4.78. The van der Waals surface area contributed by atoms with Crippen molar-refractivity contribution in [2.45, 2.75) is 45.8 Å². The molecule has 1 saturated carbocycles. The summed E-state index contributed by atoms with van der Waals surface area (Å²) in [5.41, 5.74) is 3.84. The summed E-state index contributed by atoms with van der Waals surface area (Å²) in [5, 5.41) is 3.04. The summed E-state index contributed by atoms with van der Waals surface area (Å²) in [4.78, 5) is 30.0. The van der Waals surface area contributed by atoms with E-state index in [1.807, 2.05) is 74.1 Å². The van der Waals surface area contributed by atoms with E-state index in [4.69, 9.17) is 4.42 Å². The molecule has 3 aromatic rings. The van der Waals surface area contributed by atoms with Gasteiger partial charge in [0.15, 0.2) is 0 Å². The van der Waals surface area contributed by atoms with Gasteiger partial charge in [-0.25, -0.2) is 4.79 Å². The number of hydrogen-bond acceptors (Lipinski definition) is 3. The highest BCUT2D eigenvalue weighted by atomic mass is 16.3. The normalized spacial score (nSPS) is 13.1. The fourth-order valence-corrected chi connectivity index (χ4v) is 3.87. The first-order valence-electron chi connectivity index (χ1n) is 11.0. The lowest BCUT2D eigenvalue weighted by Gasteiger charge is -2.28. The quantitative estimate of drug-likeness (QED) is 0.569. The highest BCUT2D eigenvalue weighted by Gasteiger charge is 2.35. The Morgan fingerprint density at radius 3 is 2.41 bits per heavy atom. The molecule has 0 saturated heterocycles. The highest BCUT2D eigenvalue weighted by Crippen LogP contribution is 2.29. The number of carbonyl (C=O) groups excluding carboxylic acids is 2. The van der Waals surface area contributed by atoms with E-state index in [0.29, 0.717) is 18.8 Å². The predicted molar refractivity (Wildman–Crippen MR) is 123 cm³/mol. The number of nitrogens with one attached hydrogen (secondary N) is 1. The number of carbonyl (C=O) groups is 2. The number of nitrogens with zero attached hydrogens (tertiary/aromatic N) is 3. The van der Waals surface area contributed by atoms with E-state index in [1.54, 1.807) is 16.1 Å². The lowest BCUT2D eigenvalue weighted by molar-refractivity contribution is -0.133. The van der Waals surface area contributed by atoms with Gasteiger partial charge in [-0.15, -0.1) is 0 Å². The van der Waals surface area contributed by atoms with Gasteiger partial charge in [-0.1, -0.05) is 18.2 Å². The van der Waals surface area contributed by atoms with Gasteiger partial charge in [0.05, 0.1) is 19.4 Å². The van der Waals surface area contributed by atoms with E-state index in [-0.39, 0.29) is 24.5 Å². The lowest BCUT2D eigenvalue weighted by atomic mass is 10.1. The Balaban J connectivity index is 1.50. The van der Waals surface area contributed by atoms with E-state index < -0.39 is 0 Å². The second-order valence-electron chi connectivity index (χ2n) is 8.50. The number of para-hydroxylation sites is 1. The molecule has 3 amide bonds. The molecule has 0 aliphatic heterocycles. The molecule has 7 heteroatoms. The molecule has 0 spiro atoms. The van der Waals surface area contributed by atoms with Crippen LogP contribution in [0.15, 0.2) is 59.3 Å². The topological polar surface area (TPSA) is 70.7 Å². The van der Waals surface area contributed by atoms with Crippen molar-refractivity contribution in [2.75, 3.05) is 11.9 Å². The molecule has 1 N–H and O–H groups in total. The van der Waals surface area contributed by atoms with Gasteiger partial charge in [0, 0.05) is 30.7 Å². The Kier molecular flexibility index (Phi) is 6.35. The summed E-state index contributed by atoms with van der Waals surface area (Å²) < 4.78 is 7.48. The standard InChI is InChI=1S/C25H30N4O3/c1-18-7-4-8-19(2)24(18)26-25(31)29(20-11-12-20)17-23(30)28(16-22-10-6-14-32-22)15-21-9-5-13-27(21)3/h4-10,13-14,20H,11-12,15-17H2,1-3H3,(H,26,31). The molecule has 1 aliphatic carbocycles. The lowest BCUT2D eigenvalue weighted by Crippen LogP contribution is -2.45. The first-order valence-corrected chi connectivity index (χ1v) is 11.0. The minimum absolute atomic E-state index is 0.0343. The third-order valence-corrected chi connectivity index (χ3v) is 5.95. The molecule has 2 heterocycles. The van der Waals surface area contributed by atoms with Crippen molar-refractivity contribution >= 4 is 17.6 Å². The third-order valence-electron chi connectivity index (χ3n) is 5.95. The Hall–Kier alpha value is -3.48. The molecule has 1 aromatic carbocycles. The van der Waals surface area contributed by atoms with Gasteiger partial charge in [0.25, 0.3) is 0 Å². The maximum atomic E-state index is 13.4. The molecular formula is C25H30N4O3. The van der Waals surface area contributed by atoms with Gasteiger partial charge in [0.2, 0.25) is 5.91 Å². The van der Waals surface area contributed by atoms with Gasteiger partial charge in [-0.2, -0.15) is 0 Å². The minimum atomic E-state index is -0.227. The summed E-state index contributed by atoms with van der Waals surface area (Å²) in [6.07, 6.45) is 5.40. The molecule has 0 radical (unpaired) electrons. The van der Waals surface area contributed by atoms with E-state index in [1.165, 1.54) is 0 Å². The Morgan fingerprint density at radius 1 is 1.06 bits per heavy atom. The molecule has 7 nitrogen and oxygen atoms in total. The van der Waals surface area contributed by atoms with Crippen LogP contribution in [0.3, 0.4) is 0 Å². The number of hydrogen-bond donors (Lipinski definition) is 1. The van der Waals surface area contributed by atoms with Crippen molar-refractivity contribution in [3.05, 3.63) is 77.5 Å². The van der Waals surface area contributed by atoms with Gasteiger partial charge in [-0.3, -0.25) is 4.79 Å². The van der Waals surface area contributed by atoms with Crippen LogP contribution in [0.2, 0.25) is 0 Å². The number of benzene rings is 1. The maximum Gasteiger partial charge on any atom is 0.322 e. The number of amides is 3. The SMILES string of the molecule is Cc1cccc(C)c1NC(=O)N(CC(=O)N(Cc1ccco1)Cc1cccn1C)C1CC1. The van der Waals surface area contributed by atoms with E-state index in [0.717, 1.165) is 35.3 Å². The van der Waals surface area contributed by atoms with E-state index in [2.05, 4.69) is 5.32 Å². The third kappa shape index (κ3) is 5.04. The Labute approximate surface area is 188 Å². The molecule has 32 heavy (non-hydrogen) atoms. The number of urea groups is 1. The van der Waals surface area contributed by atoms with Gasteiger partial charge >= 0.3 is 6.03 Å². The number of aryl methyl sites for hydroxylation is 3. The molecule has 2 aromatic heterocycles. The zero-order valence-corrected chi connectivity index (χ0v) is 18.9. The fraction of sp³-hybridized carbons (Fsp3) is 0.360. The molecule has 4 rings (SSSR count). The van der Waals surface area contributed by atoms with Crippen molar-refractivity contribution in [1.82, 2.24) is 14.4 Å². The zero-order valence-electron chi connectivity index (χ0n) is 18.9. The Morgan fingerprint density at radius 2 is 1.81 bits per heavy atom. The zero-order chi connectivity index (χ0) is 22.7. The first kappa shape index (κ1) is 21.7. The van der Waals surface area contributed by atoms with Crippen LogP contribution >= 0.6 is 0 Å². The largest absolute Gasteiger partial charge is 0.467 e. The van der Waals surface area contributed by atoms with E-state index >= 15 is 0 Å². The molecular weight excluding hydrogens is 404 g/mol. The molecule has 168 valence electrons. The summed E-state index contributed by atoms with van der Waals surface area (Å²) in [6, 6.07) is 13.4. The van der Waals surface area contributed by atoms with Crippen LogP contribution in [-0.2, 0) is 24.9 Å². The summed E-state index contributed by atoms with van der Waals surface area (Å²) in [7, 11) is 1.96. The average Bonchev–Trinajstić information content (AvgIpc) is 3.32. The van der Waals surface area contributed by atoms with Crippen LogP contribution in [0.25, 0.3) is 0 Å². The number of aromatic nitrogens is 1. The number of anilines is 1. The van der Waals surface area contributed by atoms with Crippen LogP contribution in [0.5, 0.6) is 0 Å². The van der Waals surface area contributed by atoms with Gasteiger partial charge in [-0.05, 0) is 62.1 Å². The molecule has 1 fully saturated rings. The highest BCUT2D eigenvalue weighted by molar-refractivity contribution is 5.94. The fourth-order valence-electron chi connectivity index (χ4n) is 3.87. The van der Waals surface area contributed by atoms with Crippen molar-refractivity contribution < 1.29 is 14.0 Å². The monoisotopic (exact) mass is 434 g/mol. The molecule has 1 aliphatic rings. The van der Waals surface area contributed by atoms with Crippen molar-refractivity contribution in [2.24, 2.45) is 7.05 Å². The molecule has 0 atom stereocenters. The van der Waals surface area contributed by atoms with Crippen LogP contribution in [0.1, 0.15) is 35.4 Å². The maximum absolute atomic E-state index is 13.4. The molecule has 0 bridgehead atoms. The second-order valence-corrected chi connectivity index (χ2v) is 8.50. The minimum Gasteiger partial charge on any atom is -0.467 e. The van der Waals surface area contributed by atoms with Crippen molar-refractivity contribution in [3.63, 3.8) is 0 Å². The van der Waals surface area contributed by atoms with Crippen molar-refractivity contribution in [1.29, 1.82) is 0 Å². The van der Waals surface area contributed by atoms with Crippen molar-refractivity contribution in [3.8, 4) is 0 Å². The van der Waals surface area contributed by atoms with E-state index in [9.17, 15) is 9.59 Å². The van der Waals surface area contributed by atoms with Crippen LogP contribution in [-0.4, -0.2) is 38.9 Å². The molecule has 0 unspecified atom stereocenters. The smallest absolute Gasteiger partial charge is 0.322 e. The summed E-state index contributed by atoms with van der Waals surface area (Å²) >= 11 is 0. The second kappa shape index (κ2) is 9.34. The van der Waals surface area contributed by atoms with Crippen LogP contribution < -0.4 is 5.32 Å².